The lowest BCUT2D eigenvalue weighted by Gasteiger charge is -2.32. The molecule has 1 aromatic rings. The van der Waals surface area contributed by atoms with E-state index in [0.29, 0.717) is 5.75 Å². The summed E-state index contributed by atoms with van der Waals surface area (Å²) in [5, 5.41) is 0. The minimum atomic E-state index is -0.441. The van der Waals surface area contributed by atoms with Crippen molar-refractivity contribution < 1.29 is 14.0 Å². The van der Waals surface area contributed by atoms with Crippen LogP contribution in [0.3, 0.4) is 0 Å². The maximum Gasteiger partial charge on any atom is 0.498 e. The van der Waals surface area contributed by atoms with Crippen molar-refractivity contribution in [3.8, 4) is 5.75 Å². The van der Waals surface area contributed by atoms with Crippen molar-refractivity contribution in [1.29, 1.82) is 0 Å². The van der Waals surface area contributed by atoms with E-state index in [0.717, 1.165) is 10.1 Å². The molecule has 4 nitrogen and oxygen atoms in total. The van der Waals surface area contributed by atoms with Crippen LogP contribution in [0.1, 0.15) is 27.7 Å². The highest BCUT2D eigenvalue weighted by atomic mass is 79.9. The van der Waals surface area contributed by atoms with E-state index in [2.05, 4.69) is 20.9 Å². The molecule has 0 aromatic carbocycles. The Hall–Kier alpha value is -0.585. The van der Waals surface area contributed by atoms with E-state index < -0.39 is 7.12 Å². The molecule has 2 heterocycles. The maximum atomic E-state index is 6.00. The van der Waals surface area contributed by atoms with Crippen molar-refractivity contribution >= 4 is 28.5 Å². The van der Waals surface area contributed by atoms with Gasteiger partial charge in [-0.25, -0.2) is 4.98 Å². The predicted molar refractivity (Wildman–Crippen MR) is 74.2 cm³/mol. The molecule has 1 aliphatic rings. The summed E-state index contributed by atoms with van der Waals surface area (Å²) in [6.07, 6.45) is 1.66. The Morgan fingerprint density at radius 1 is 1.22 bits per heavy atom. The van der Waals surface area contributed by atoms with Gasteiger partial charge in [0.15, 0.2) is 0 Å². The highest BCUT2D eigenvalue weighted by Gasteiger charge is 2.52. The molecule has 0 radical (unpaired) electrons. The maximum absolute atomic E-state index is 6.00. The van der Waals surface area contributed by atoms with Crippen LogP contribution in [0, 0.1) is 0 Å². The lowest BCUT2D eigenvalue weighted by molar-refractivity contribution is 0.00578. The van der Waals surface area contributed by atoms with Gasteiger partial charge in [-0.15, -0.1) is 0 Å². The topological polar surface area (TPSA) is 40.6 Å². The molecular formula is C12H17BBrNO3. The average Bonchev–Trinajstić information content (AvgIpc) is 2.48. The second kappa shape index (κ2) is 4.51. The first-order valence-corrected chi connectivity index (χ1v) is 6.61. The molecule has 2 rings (SSSR count). The van der Waals surface area contributed by atoms with Crippen LogP contribution in [0.4, 0.5) is 0 Å². The number of methoxy groups -OCH3 is 1. The first-order valence-electron chi connectivity index (χ1n) is 5.82. The zero-order chi connectivity index (χ0) is 13.6. The van der Waals surface area contributed by atoms with Crippen LogP contribution >= 0.6 is 15.9 Å². The summed E-state index contributed by atoms with van der Waals surface area (Å²) in [5.74, 6) is 0.664. The van der Waals surface area contributed by atoms with E-state index >= 15 is 0 Å². The fourth-order valence-electron chi connectivity index (χ4n) is 1.76. The summed E-state index contributed by atoms with van der Waals surface area (Å²) in [5.41, 5.74) is 0.120. The van der Waals surface area contributed by atoms with Crippen molar-refractivity contribution in [1.82, 2.24) is 4.98 Å². The molecule has 0 bridgehead atoms. The summed E-state index contributed by atoms with van der Waals surface area (Å²) in [7, 11) is 1.17. The van der Waals surface area contributed by atoms with Crippen molar-refractivity contribution in [2.45, 2.75) is 38.9 Å². The zero-order valence-corrected chi connectivity index (χ0v) is 12.9. The quantitative estimate of drug-likeness (QED) is 0.619. The molecule has 0 N–H and O–H groups in total. The number of halogens is 1. The van der Waals surface area contributed by atoms with Gasteiger partial charge in [0.25, 0.3) is 0 Å². The molecule has 0 aliphatic carbocycles. The molecule has 1 fully saturated rings. The minimum Gasteiger partial charge on any atom is -0.496 e. The van der Waals surface area contributed by atoms with Gasteiger partial charge in [0.05, 0.1) is 24.5 Å². The molecule has 1 aliphatic heterocycles. The SMILES string of the molecule is COc1cnc(Br)cc1B1OC(C)(C)C(C)(C)O1. The molecule has 1 aromatic heterocycles. The van der Waals surface area contributed by atoms with Gasteiger partial charge >= 0.3 is 7.12 Å². The van der Waals surface area contributed by atoms with Gasteiger partial charge in [-0.2, -0.15) is 0 Å². The Kier molecular flexibility index (Phi) is 3.47. The Morgan fingerprint density at radius 3 is 2.28 bits per heavy atom. The fourth-order valence-corrected chi connectivity index (χ4v) is 2.11. The van der Waals surface area contributed by atoms with Crippen LogP contribution in [-0.2, 0) is 9.31 Å². The van der Waals surface area contributed by atoms with Crippen LogP contribution in [0.5, 0.6) is 5.75 Å². The lowest BCUT2D eigenvalue weighted by atomic mass is 9.79. The number of pyridine rings is 1. The third-order valence-electron chi connectivity index (χ3n) is 3.59. The van der Waals surface area contributed by atoms with E-state index in [1.165, 1.54) is 0 Å². The monoisotopic (exact) mass is 313 g/mol. The highest BCUT2D eigenvalue weighted by molar-refractivity contribution is 9.10. The van der Waals surface area contributed by atoms with E-state index in [4.69, 9.17) is 14.0 Å². The summed E-state index contributed by atoms with van der Waals surface area (Å²) < 4.78 is 18.0. The Balaban J connectivity index is 2.37. The van der Waals surface area contributed by atoms with Crippen molar-refractivity contribution in [3.63, 3.8) is 0 Å². The summed E-state index contributed by atoms with van der Waals surface area (Å²) in [6.45, 7) is 8.09. The third-order valence-corrected chi connectivity index (χ3v) is 4.03. The summed E-state index contributed by atoms with van der Waals surface area (Å²) in [6, 6.07) is 1.86. The molecule has 18 heavy (non-hydrogen) atoms. The Bertz CT molecular complexity index is 449. The van der Waals surface area contributed by atoms with Gasteiger partial charge in [-0.05, 0) is 49.7 Å². The molecule has 0 spiro atoms. The Morgan fingerprint density at radius 2 is 1.78 bits per heavy atom. The van der Waals surface area contributed by atoms with Crippen LogP contribution in [0.2, 0.25) is 0 Å². The summed E-state index contributed by atoms with van der Waals surface area (Å²) >= 11 is 3.35. The second-order valence-corrected chi connectivity index (χ2v) is 6.15. The first-order chi connectivity index (χ1) is 8.27. The van der Waals surface area contributed by atoms with Crippen molar-refractivity contribution in [3.05, 3.63) is 16.9 Å². The van der Waals surface area contributed by atoms with E-state index in [9.17, 15) is 0 Å². The summed E-state index contributed by atoms with van der Waals surface area (Å²) in [4.78, 5) is 4.14. The van der Waals surface area contributed by atoms with Gasteiger partial charge in [-0.3, -0.25) is 0 Å². The smallest absolute Gasteiger partial charge is 0.496 e. The normalized spacial score (nSPS) is 21.1. The standard InChI is InChI=1S/C12H17BBrNO3/c1-11(2)12(3,4)18-13(17-11)8-6-10(14)15-7-9(8)16-5/h6-7H,1-5H3. The predicted octanol–water partition coefficient (Wildman–Crippen LogP) is 2.15. The van der Waals surface area contributed by atoms with Crippen LogP contribution in [0.25, 0.3) is 0 Å². The van der Waals surface area contributed by atoms with Crippen molar-refractivity contribution in [2.24, 2.45) is 0 Å². The molecular weight excluding hydrogens is 297 g/mol. The Labute approximate surface area is 116 Å². The average molecular weight is 314 g/mol. The van der Waals surface area contributed by atoms with Gasteiger partial charge in [0, 0.05) is 5.46 Å². The largest absolute Gasteiger partial charge is 0.498 e. The molecule has 0 saturated carbocycles. The van der Waals surface area contributed by atoms with Crippen LogP contribution < -0.4 is 10.2 Å². The lowest BCUT2D eigenvalue weighted by Crippen LogP contribution is -2.41. The molecule has 98 valence electrons. The molecule has 0 atom stereocenters. The second-order valence-electron chi connectivity index (χ2n) is 5.34. The number of ether oxygens (including phenoxy) is 1. The fraction of sp³-hybridized carbons (Fsp3) is 0.583. The van der Waals surface area contributed by atoms with Gasteiger partial charge in [-0.1, -0.05) is 0 Å². The van der Waals surface area contributed by atoms with E-state index in [1.807, 2.05) is 33.8 Å². The minimum absolute atomic E-state index is 0.363. The first kappa shape index (κ1) is 13.8. The molecule has 1 saturated heterocycles. The number of aromatic nitrogens is 1. The van der Waals surface area contributed by atoms with Gasteiger partial charge < -0.3 is 14.0 Å². The van der Waals surface area contributed by atoms with E-state index in [1.54, 1.807) is 13.3 Å². The molecule has 0 amide bonds. The van der Waals surface area contributed by atoms with Crippen LogP contribution in [-0.4, -0.2) is 30.4 Å². The third kappa shape index (κ3) is 2.29. The van der Waals surface area contributed by atoms with Crippen molar-refractivity contribution in [2.75, 3.05) is 7.11 Å². The number of hydrogen-bond acceptors (Lipinski definition) is 4. The number of hydrogen-bond donors (Lipinski definition) is 0. The van der Waals surface area contributed by atoms with Gasteiger partial charge in [0.1, 0.15) is 10.4 Å². The number of nitrogens with zero attached hydrogens (tertiary/aromatic N) is 1. The molecule has 6 heteroatoms. The van der Waals surface area contributed by atoms with E-state index in [-0.39, 0.29) is 11.2 Å². The number of rotatable bonds is 2. The molecule has 0 unspecified atom stereocenters. The van der Waals surface area contributed by atoms with Gasteiger partial charge in [0.2, 0.25) is 0 Å². The highest BCUT2D eigenvalue weighted by Crippen LogP contribution is 2.37. The zero-order valence-electron chi connectivity index (χ0n) is 11.3. The van der Waals surface area contributed by atoms with Crippen LogP contribution in [0.15, 0.2) is 16.9 Å².